The first-order chi connectivity index (χ1) is 5.25. The Bertz CT molecular complexity index is 237. The summed E-state index contributed by atoms with van der Waals surface area (Å²) in [5.41, 5.74) is 0. The molecular weight excluding hydrogens is 208 g/mol. The van der Waals surface area contributed by atoms with Gasteiger partial charge in [0, 0.05) is 7.05 Å². The maximum Gasteiger partial charge on any atom is 0.226 e. The van der Waals surface area contributed by atoms with E-state index in [-0.39, 0.29) is 0 Å². The van der Waals surface area contributed by atoms with E-state index >= 15 is 0 Å². The second-order valence-electron chi connectivity index (χ2n) is 2.02. The minimum Gasteiger partial charge on any atom is -0.473 e. The molecule has 0 aromatic carbocycles. The fraction of sp³-hybridized carbons (Fsp3) is 0.286. The Labute approximate surface area is 73.8 Å². The van der Waals surface area contributed by atoms with Gasteiger partial charge in [-0.25, -0.2) is 4.68 Å². The summed E-state index contributed by atoms with van der Waals surface area (Å²) < 4.78 is 7.82. The molecule has 0 atom stereocenters. The maximum atomic E-state index is 5.29. The lowest BCUT2D eigenvalue weighted by Gasteiger charge is -2.02. The number of aryl methyl sites for hydroxylation is 1. The van der Waals surface area contributed by atoms with Gasteiger partial charge in [-0.3, -0.25) is 0 Å². The van der Waals surface area contributed by atoms with Crippen molar-refractivity contribution in [2.45, 2.75) is 0 Å². The zero-order valence-corrected chi connectivity index (χ0v) is 7.84. The number of rotatable bonds is 3. The molecule has 0 bridgehead atoms. The van der Waals surface area contributed by atoms with Crippen LogP contribution in [0.15, 0.2) is 23.3 Å². The summed E-state index contributed by atoms with van der Waals surface area (Å²) in [7, 11) is 1.82. The largest absolute Gasteiger partial charge is 0.473 e. The van der Waals surface area contributed by atoms with Crippen LogP contribution in [-0.2, 0) is 7.05 Å². The average Bonchev–Trinajstić information content (AvgIpc) is 2.29. The van der Waals surface area contributed by atoms with Crippen LogP contribution in [0.1, 0.15) is 0 Å². The molecule has 0 radical (unpaired) electrons. The van der Waals surface area contributed by atoms with Crippen LogP contribution in [0.2, 0.25) is 0 Å². The quantitative estimate of drug-likeness (QED) is 0.721. The minimum atomic E-state index is 0.498. The van der Waals surface area contributed by atoms with Crippen molar-refractivity contribution in [2.24, 2.45) is 7.05 Å². The number of nitrogens with zero attached hydrogens (tertiary/aromatic N) is 2. The highest BCUT2D eigenvalue weighted by atomic mass is 79.9. The van der Waals surface area contributed by atoms with Crippen LogP contribution in [0, 0.1) is 0 Å². The van der Waals surface area contributed by atoms with Gasteiger partial charge in [0.15, 0.2) is 0 Å². The van der Waals surface area contributed by atoms with Crippen LogP contribution in [0.25, 0.3) is 0 Å². The molecule has 0 aliphatic rings. The predicted molar refractivity (Wildman–Crippen MR) is 46.6 cm³/mol. The van der Waals surface area contributed by atoms with Crippen molar-refractivity contribution < 1.29 is 4.74 Å². The Balaban J connectivity index is 2.74. The molecule has 0 saturated carbocycles. The van der Waals surface area contributed by atoms with Crippen LogP contribution in [0.4, 0.5) is 0 Å². The molecule has 11 heavy (non-hydrogen) atoms. The van der Waals surface area contributed by atoms with E-state index in [2.05, 4.69) is 27.6 Å². The Morgan fingerprint density at radius 1 is 1.91 bits per heavy atom. The van der Waals surface area contributed by atoms with Gasteiger partial charge in [-0.2, -0.15) is 5.10 Å². The lowest BCUT2D eigenvalue weighted by Crippen LogP contribution is -2.00. The lowest BCUT2D eigenvalue weighted by atomic mass is 10.6. The van der Waals surface area contributed by atoms with Crippen LogP contribution < -0.4 is 4.74 Å². The fourth-order valence-electron chi connectivity index (χ4n) is 0.700. The van der Waals surface area contributed by atoms with E-state index in [0.29, 0.717) is 6.61 Å². The number of hydrogen-bond acceptors (Lipinski definition) is 2. The summed E-state index contributed by atoms with van der Waals surface area (Å²) in [5, 5.41) is 3.98. The second-order valence-corrected chi connectivity index (χ2v) is 2.88. The van der Waals surface area contributed by atoms with Crippen molar-refractivity contribution in [1.82, 2.24) is 9.78 Å². The van der Waals surface area contributed by atoms with E-state index < -0.39 is 0 Å². The first kappa shape index (κ1) is 8.33. The summed E-state index contributed by atoms with van der Waals surface area (Å²) in [6.07, 6.45) is 3.39. The number of aromatic nitrogens is 2. The van der Waals surface area contributed by atoms with E-state index in [1.54, 1.807) is 17.0 Å². The monoisotopic (exact) mass is 216 g/mol. The normalized spacial score (nSPS) is 9.64. The summed E-state index contributed by atoms with van der Waals surface area (Å²) in [4.78, 5) is 0. The molecule has 0 unspecified atom stereocenters. The molecular formula is C7H9BrN2O. The zero-order valence-electron chi connectivity index (χ0n) is 6.25. The SMILES string of the molecule is C=CCOc1c(Br)cnn1C. The van der Waals surface area contributed by atoms with E-state index in [1.807, 2.05) is 7.05 Å². The molecule has 1 aromatic heterocycles. The Hall–Kier alpha value is -0.770. The van der Waals surface area contributed by atoms with Crippen molar-refractivity contribution in [2.75, 3.05) is 6.61 Å². The van der Waals surface area contributed by atoms with Gasteiger partial charge in [0.1, 0.15) is 6.61 Å². The Kier molecular flexibility index (Phi) is 2.70. The smallest absolute Gasteiger partial charge is 0.226 e. The van der Waals surface area contributed by atoms with Crippen LogP contribution in [-0.4, -0.2) is 16.4 Å². The molecule has 4 heteroatoms. The molecule has 0 N–H and O–H groups in total. The minimum absolute atomic E-state index is 0.498. The Morgan fingerprint density at radius 3 is 3.09 bits per heavy atom. The van der Waals surface area contributed by atoms with E-state index in [1.165, 1.54) is 0 Å². The van der Waals surface area contributed by atoms with Gasteiger partial charge in [-0.05, 0) is 15.9 Å². The van der Waals surface area contributed by atoms with Crippen molar-refractivity contribution in [3.63, 3.8) is 0 Å². The van der Waals surface area contributed by atoms with Gasteiger partial charge in [0.25, 0.3) is 0 Å². The second kappa shape index (κ2) is 3.57. The molecule has 0 saturated heterocycles. The van der Waals surface area contributed by atoms with E-state index in [4.69, 9.17) is 4.74 Å². The topological polar surface area (TPSA) is 27.1 Å². The van der Waals surface area contributed by atoms with Gasteiger partial charge < -0.3 is 4.74 Å². The van der Waals surface area contributed by atoms with Crippen LogP contribution >= 0.6 is 15.9 Å². The van der Waals surface area contributed by atoms with Crippen molar-refractivity contribution in [3.8, 4) is 5.88 Å². The van der Waals surface area contributed by atoms with Gasteiger partial charge in [0.2, 0.25) is 5.88 Å². The fourth-order valence-corrected chi connectivity index (χ4v) is 1.16. The van der Waals surface area contributed by atoms with Crippen LogP contribution in [0.5, 0.6) is 5.88 Å². The molecule has 60 valence electrons. The van der Waals surface area contributed by atoms with Crippen LogP contribution in [0.3, 0.4) is 0 Å². The molecule has 3 nitrogen and oxygen atoms in total. The first-order valence-corrected chi connectivity index (χ1v) is 3.96. The first-order valence-electron chi connectivity index (χ1n) is 3.17. The third-order valence-electron chi connectivity index (χ3n) is 1.18. The number of ether oxygens (including phenoxy) is 1. The molecule has 0 amide bonds. The van der Waals surface area contributed by atoms with Gasteiger partial charge in [-0.15, -0.1) is 0 Å². The third kappa shape index (κ3) is 1.83. The van der Waals surface area contributed by atoms with Crippen molar-refractivity contribution in [3.05, 3.63) is 23.3 Å². The molecule has 0 aliphatic carbocycles. The van der Waals surface area contributed by atoms with Gasteiger partial charge >= 0.3 is 0 Å². The molecule has 1 aromatic rings. The molecule has 1 rings (SSSR count). The highest BCUT2D eigenvalue weighted by Crippen LogP contribution is 2.22. The lowest BCUT2D eigenvalue weighted by molar-refractivity contribution is 0.327. The highest BCUT2D eigenvalue weighted by molar-refractivity contribution is 9.10. The van der Waals surface area contributed by atoms with Crippen molar-refractivity contribution in [1.29, 1.82) is 0 Å². The van der Waals surface area contributed by atoms with Gasteiger partial charge in [0.05, 0.1) is 10.7 Å². The number of hydrogen-bond donors (Lipinski definition) is 0. The van der Waals surface area contributed by atoms with Crippen molar-refractivity contribution >= 4 is 15.9 Å². The highest BCUT2D eigenvalue weighted by Gasteiger charge is 2.04. The zero-order chi connectivity index (χ0) is 8.27. The number of halogens is 1. The summed E-state index contributed by atoms with van der Waals surface area (Å²) in [6, 6.07) is 0. The summed E-state index contributed by atoms with van der Waals surface area (Å²) in [6.45, 7) is 4.05. The molecule has 1 heterocycles. The standard InChI is InChI=1S/C7H9BrN2O/c1-3-4-11-7-6(8)5-9-10(7)2/h3,5H,1,4H2,2H3. The van der Waals surface area contributed by atoms with E-state index in [9.17, 15) is 0 Å². The average molecular weight is 217 g/mol. The van der Waals surface area contributed by atoms with Gasteiger partial charge in [-0.1, -0.05) is 12.7 Å². The predicted octanol–water partition coefficient (Wildman–Crippen LogP) is 1.75. The molecule has 0 aliphatic heterocycles. The maximum absolute atomic E-state index is 5.29. The molecule has 0 spiro atoms. The summed E-state index contributed by atoms with van der Waals surface area (Å²) in [5.74, 6) is 0.727. The third-order valence-corrected chi connectivity index (χ3v) is 1.72. The summed E-state index contributed by atoms with van der Waals surface area (Å²) >= 11 is 3.30. The Morgan fingerprint density at radius 2 is 2.64 bits per heavy atom. The van der Waals surface area contributed by atoms with E-state index in [0.717, 1.165) is 10.4 Å². The molecule has 0 fully saturated rings.